The van der Waals surface area contributed by atoms with Gasteiger partial charge in [0.05, 0.1) is 12.8 Å². The Hall–Kier alpha value is -2.04. The highest BCUT2D eigenvalue weighted by Gasteiger charge is 2.15. The SMILES string of the molecule is Cc1cc(NCc2ccco2)nc(N2CCCC2)n1. The summed E-state index contributed by atoms with van der Waals surface area (Å²) in [6.07, 6.45) is 4.14. The normalized spacial score (nSPS) is 14.9. The number of hydrogen-bond donors (Lipinski definition) is 1. The van der Waals surface area contributed by atoms with E-state index in [1.54, 1.807) is 6.26 Å². The average molecular weight is 258 g/mol. The van der Waals surface area contributed by atoms with Crippen LogP contribution in [0.25, 0.3) is 0 Å². The van der Waals surface area contributed by atoms with E-state index in [2.05, 4.69) is 20.2 Å². The molecule has 1 aliphatic heterocycles. The second kappa shape index (κ2) is 5.30. The van der Waals surface area contributed by atoms with Gasteiger partial charge in [0.25, 0.3) is 0 Å². The Labute approximate surface area is 112 Å². The lowest BCUT2D eigenvalue weighted by molar-refractivity contribution is 0.518. The third-order valence-corrected chi connectivity index (χ3v) is 3.26. The summed E-state index contributed by atoms with van der Waals surface area (Å²) < 4.78 is 5.30. The lowest BCUT2D eigenvalue weighted by Gasteiger charge is -2.16. The molecule has 100 valence electrons. The molecule has 1 N–H and O–H groups in total. The van der Waals surface area contributed by atoms with Crippen LogP contribution in [0.2, 0.25) is 0 Å². The van der Waals surface area contributed by atoms with Gasteiger partial charge in [0.15, 0.2) is 0 Å². The van der Waals surface area contributed by atoms with Gasteiger partial charge in [-0.25, -0.2) is 4.98 Å². The smallest absolute Gasteiger partial charge is 0.227 e. The van der Waals surface area contributed by atoms with Gasteiger partial charge >= 0.3 is 0 Å². The average Bonchev–Trinajstić information content (AvgIpc) is 3.09. The Morgan fingerprint density at radius 1 is 1.32 bits per heavy atom. The first-order chi connectivity index (χ1) is 9.31. The van der Waals surface area contributed by atoms with Crippen LogP contribution in [-0.2, 0) is 6.54 Å². The molecule has 2 aromatic rings. The predicted octanol–water partition coefficient (Wildman–Crippen LogP) is 2.59. The zero-order chi connectivity index (χ0) is 13.1. The highest BCUT2D eigenvalue weighted by Crippen LogP contribution is 2.18. The van der Waals surface area contributed by atoms with Crippen LogP contribution in [0.1, 0.15) is 24.3 Å². The largest absolute Gasteiger partial charge is 0.467 e. The molecular formula is C14H18N4O. The molecule has 5 heteroatoms. The van der Waals surface area contributed by atoms with Crippen molar-refractivity contribution >= 4 is 11.8 Å². The fraction of sp³-hybridized carbons (Fsp3) is 0.429. The molecule has 1 fully saturated rings. The van der Waals surface area contributed by atoms with Crippen molar-refractivity contribution in [3.8, 4) is 0 Å². The first kappa shape index (κ1) is 12.0. The van der Waals surface area contributed by atoms with Crippen molar-refractivity contribution in [2.24, 2.45) is 0 Å². The maximum absolute atomic E-state index is 5.30. The van der Waals surface area contributed by atoms with E-state index in [0.29, 0.717) is 6.54 Å². The molecule has 0 bridgehead atoms. The summed E-state index contributed by atoms with van der Waals surface area (Å²) in [6.45, 7) is 4.75. The Morgan fingerprint density at radius 2 is 2.16 bits per heavy atom. The number of nitrogens with zero attached hydrogens (tertiary/aromatic N) is 3. The molecule has 2 aromatic heterocycles. The Bertz CT molecular complexity index is 532. The van der Waals surface area contributed by atoms with Gasteiger partial charge in [-0.2, -0.15) is 4.98 Å². The standard InChI is InChI=1S/C14H18N4O/c1-11-9-13(15-10-12-5-4-8-19-12)17-14(16-11)18-6-2-3-7-18/h4-5,8-9H,2-3,6-7,10H2,1H3,(H,15,16,17). The van der Waals surface area contributed by atoms with Crippen LogP contribution in [0, 0.1) is 6.92 Å². The maximum Gasteiger partial charge on any atom is 0.227 e. The lowest BCUT2D eigenvalue weighted by atomic mass is 10.4. The molecule has 0 aromatic carbocycles. The summed E-state index contributed by atoms with van der Waals surface area (Å²) in [5, 5.41) is 3.28. The Morgan fingerprint density at radius 3 is 2.89 bits per heavy atom. The molecule has 0 unspecified atom stereocenters. The van der Waals surface area contributed by atoms with Crippen LogP contribution in [0.15, 0.2) is 28.9 Å². The van der Waals surface area contributed by atoms with Gasteiger partial charge in [-0.1, -0.05) is 0 Å². The van der Waals surface area contributed by atoms with Crippen LogP contribution < -0.4 is 10.2 Å². The number of aromatic nitrogens is 2. The van der Waals surface area contributed by atoms with Gasteiger partial charge in [0.2, 0.25) is 5.95 Å². The van der Waals surface area contributed by atoms with Gasteiger partial charge in [-0.05, 0) is 31.9 Å². The molecule has 0 atom stereocenters. The van der Waals surface area contributed by atoms with Gasteiger partial charge in [0, 0.05) is 24.8 Å². The van der Waals surface area contributed by atoms with Crippen molar-refractivity contribution in [3.63, 3.8) is 0 Å². The third-order valence-electron chi connectivity index (χ3n) is 3.26. The second-order valence-corrected chi connectivity index (χ2v) is 4.82. The molecule has 0 amide bonds. The first-order valence-corrected chi connectivity index (χ1v) is 6.68. The topological polar surface area (TPSA) is 54.2 Å². The summed E-state index contributed by atoms with van der Waals surface area (Å²) in [6, 6.07) is 5.79. The van der Waals surface area contributed by atoms with E-state index in [-0.39, 0.29) is 0 Å². The van der Waals surface area contributed by atoms with Crippen LogP contribution in [0.3, 0.4) is 0 Å². The van der Waals surface area contributed by atoms with Crippen LogP contribution in [-0.4, -0.2) is 23.1 Å². The highest BCUT2D eigenvalue weighted by atomic mass is 16.3. The van der Waals surface area contributed by atoms with E-state index in [9.17, 15) is 0 Å². The van der Waals surface area contributed by atoms with E-state index in [1.807, 2.05) is 25.1 Å². The number of aryl methyl sites for hydroxylation is 1. The highest BCUT2D eigenvalue weighted by molar-refractivity contribution is 5.44. The summed E-state index contributed by atoms with van der Waals surface area (Å²) in [7, 11) is 0. The van der Waals surface area contributed by atoms with Crippen LogP contribution >= 0.6 is 0 Å². The van der Waals surface area contributed by atoms with Crippen molar-refractivity contribution in [2.45, 2.75) is 26.3 Å². The van der Waals surface area contributed by atoms with E-state index < -0.39 is 0 Å². The Balaban J connectivity index is 1.73. The van der Waals surface area contributed by atoms with Gasteiger partial charge in [-0.15, -0.1) is 0 Å². The number of hydrogen-bond acceptors (Lipinski definition) is 5. The maximum atomic E-state index is 5.30. The van der Waals surface area contributed by atoms with Gasteiger partial charge < -0.3 is 14.6 Å². The van der Waals surface area contributed by atoms with Crippen molar-refractivity contribution < 1.29 is 4.42 Å². The van der Waals surface area contributed by atoms with Crippen molar-refractivity contribution in [3.05, 3.63) is 35.9 Å². The van der Waals surface area contributed by atoms with Gasteiger partial charge in [-0.3, -0.25) is 0 Å². The minimum Gasteiger partial charge on any atom is -0.467 e. The van der Waals surface area contributed by atoms with E-state index in [0.717, 1.165) is 36.3 Å². The number of furan rings is 1. The molecule has 0 saturated carbocycles. The summed E-state index contributed by atoms with van der Waals surface area (Å²) >= 11 is 0. The first-order valence-electron chi connectivity index (χ1n) is 6.68. The van der Waals surface area contributed by atoms with Crippen molar-refractivity contribution in [1.29, 1.82) is 0 Å². The summed E-state index contributed by atoms with van der Waals surface area (Å²) in [5.74, 6) is 2.59. The fourth-order valence-corrected chi connectivity index (χ4v) is 2.29. The molecule has 3 heterocycles. The molecule has 1 aliphatic rings. The minimum atomic E-state index is 0.642. The van der Waals surface area contributed by atoms with E-state index in [1.165, 1.54) is 12.8 Å². The van der Waals surface area contributed by atoms with Crippen molar-refractivity contribution in [1.82, 2.24) is 9.97 Å². The van der Waals surface area contributed by atoms with Crippen LogP contribution in [0.4, 0.5) is 11.8 Å². The third kappa shape index (κ3) is 2.86. The molecule has 0 aliphatic carbocycles. The molecule has 5 nitrogen and oxygen atoms in total. The van der Waals surface area contributed by atoms with E-state index in [4.69, 9.17) is 4.42 Å². The number of nitrogens with one attached hydrogen (secondary N) is 1. The predicted molar refractivity (Wildman–Crippen MR) is 74.3 cm³/mol. The molecule has 19 heavy (non-hydrogen) atoms. The fourth-order valence-electron chi connectivity index (χ4n) is 2.29. The number of rotatable bonds is 4. The summed E-state index contributed by atoms with van der Waals surface area (Å²) in [4.78, 5) is 11.3. The zero-order valence-corrected chi connectivity index (χ0v) is 11.1. The van der Waals surface area contributed by atoms with Crippen molar-refractivity contribution in [2.75, 3.05) is 23.3 Å². The second-order valence-electron chi connectivity index (χ2n) is 4.82. The quantitative estimate of drug-likeness (QED) is 0.913. The zero-order valence-electron chi connectivity index (χ0n) is 11.1. The summed E-state index contributed by atoms with van der Waals surface area (Å²) in [5.41, 5.74) is 0.985. The lowest BCUT2D eigenvalue weighted by Crippen LogP contribution is -2.21. The molecule has 0 spiro atoms. The van der Waals surface area contributed by atoms with Crippen LogP contribution in [0.5, 0.6) is 0 Å². The Kier molecular flexibility index (Phi) is 3.35. The van der Waals surface area contributed by atoms with Gasteiger partial charge in [0.1, 0.15) is 11.6 Å². The van der Waals surface area contributed by atoms with E-state index >= 15 is 0 Å². The molecule has 0 radical (unpaired) electrons. The molecule has 1 saturated heterocycles. The molecular weight excluding hydrogens is 240 g/mol. The minimum absolute atomic E-state index is 0.642. The molecule has 3 rings (SSSR count). The number of anilines is 2. The monoisotopic (exact) mass is 258 g/mol.